The van der Waals surface area contributed by atoms with Gasteiger partial charge in [-0.25, -0.2) is 8.42 Å². The molecule has 0 atom stereocenters. The zero-order valence-electron chi connectivity index (χ0n) is 14.6. The minimum atomic E-state index is -3.55. The molecule has 0 aliphatic heterocycles. The van der Waals surface area contributed by atoms with Crippen molar-refractivity contribution in [3.8, 4) is 5.75 Å². The van der Waals surface area contributed by atoms with Gasteiger partial charge in [-0.1, -0.05) is 29.8 Å². The Kier molecular flexibility index (Phi) is 6.88. The number of nitrogens with zero attached hydrogens (tertiary/aromatic N) is 1. The summed E-state index contributed by atoms with van der Waals surface area (Å²) < 4.78 is 30.8. The van der Waals surface area contributed by atoms with Crippen molar-refractivity contribution in [2.24, 2.45) is 0 Å². The Bertz CT molecular complexity index is 871. The summed E-state index contributed by atoms with van der Waals surface area (Å²) in [5, 5.41) is 3.18. The topological polar surface area (TPSA) is 75.7 Å². The minimum absolute atomic E-state index is 0.00180. The highest BCUT2D eigenvalue weighted by molar-refractivity contribution is 7.92. The number of halogens is 1. The van der Waals surface area contributed by atoms with E-state index in [4.69, 9.17) is 16.3 Å². The molecular weight excluding hydrogens is 376 g/mol. The molecule has 0 radical (unpaired) electrons. The van der Waals surface area contributed by atoms with Gasteiger partial charge < -0.3 is 10.1 Å². The van der Waals surface area contributed by atoms with Crippen LogP contribution < -0.4 is 14.4 Å². The van der Waals surface area contributed by atoms with Gasteiger partial charge >= 0.3 is 0 Å². The van der Waals surface area contributed by atoms with Crippen LogP contribution in [0.25, 0.3) is 0 Å². The Balaban J connectivity index is 2.08. The standard InChI is InChI=1S/C18H21ClN2O4S/c1-3-25-17-10-5-4-9-16(17)20-18(22)11-12-21(26(2,23)24)15-8-6-7-14(19)13-15/h4-10,13H,3,11-12H2,1-2H3,(H,20,22). The number of nitrogens with one attached hydrogen (secondary N) is 1. The van der Waals surface area contributed by atoms with Gasteiger partial charge in [0.25, 0.3) is 0 Å². The SMILES string of the molecule is CCOc1ccccc1NC(=O)CCN(c1cccc(Cl)c1)S(C)(=O)=O. The monoisotopic (exact) mass is 396 g/mol. The first-order valence-electron chi connectivity index (χ1n) is 8.06. The molecule has 1 amide bonds. The van der Waals surface area contributed by atoms with Gasteiger partial charge in [-0.05, 0) is 37.3 Å². The summed E-state index contributed by atoms with van der Waals surface area (Å²) in [5.41, 5.74) is 0.968. The van der Waals surface area contributed by atoms with Crippen molar-refractivity contribution >= 4 is 38.9 Å². The minimum Gasteiger partial charge on any atom is -0.492 e. The number of sulfonamides is 1. The third-order valence-corrected chi connectivity index (χ3v) is 4.93. The molecule has 0 unspecified atom stereocenters. The van der Waals surface area contributed by atoms with E-state index in [0.717, 1.165) is 10.6 Å². The Labute approximate surface area is 158 Å². The maximum Gasteiger partial charge on any atom is 0.232 e. The van der Waals surface area contributed by atoms with Crippen molar-refractivity contribution in [2.75, 3.05) is 29.0 Å². The maximum absolute atomic E-state index is 12.3. The van der Waals surface area contributed by atoms with Crippen molar-refractivity contribution in [3.05, 3.63) is 53.6 Å². The molecule has 0 aromatic heterocycles. The highest BCUT2D eigenvalue weighted by Gasteiger charge is 2.19. The molecule has 0 saturated carbocycles. The van der Waals surface area contributed by atoms with Gasteiger partial charge in [0.2, 0.25) is 15.9 Å². The molecule has 2 aromatic rings. The van der Waals surface area contributed by atoms with E-state index < -0.39 is 10.0 Å². The molecule has 2 aromatic carbocycles. The lowest BCUT2D eigenvalue weighted by molar-refractivity contribution is -0.116. The van der Waals surface area contributed by atoms with E-state index in [1.807, 2.05) is 13.0 Å². The Hall–Kier alpha value is -2.25. The van der Waals surface area contributed by atoms with Crippen LogP contribution >= 0.6 is 11.6 Å². The lowest BCUT2D eigenvalue weighted by Crippen LogP contribution is -2.33. The van der Waals surface area contributed by atoms with Crippen molar-refractivity contribution in [1.29, 1.82) is 0 Å². The van der Waals surface area contributed by atoms with Crippen molar-refractivity contribution in [3.63, 3.8) is 0 Å². The number of carbonyl (C=O) groups is 1. The molecule has 0 aliphatic carbocycles. The lowest BCUT2D eigenvalue weighted by atomic mass is 10.2. The zero-order chi connectivity index (χ0) is 19.2. The highest BCUT2D eigenvalue weighted by Crippen LogP contribution is 2.25. The maximum atomic E-state index is 12.3. The molecule has 1 N–H and O–H groups in total. The van der Waals surface area contributed by atoms with Crippen LogP contribution in [0.1, 0.15) is 13.3 Å². The van der Waals surface area contributed by atoms with Crippen molar-refractivity contribution < 1.29 is 17.9 Å². The number of hydrogen-bond acceptors (Lipinski definition) is 4. The predicted octanol–water partition coefficient (Wildman–Crippen LogP) is 3.53. The van der Waals surface area contributed by atoms with E-state index >= 15 is 0 Å². The molecule has 26 heavy (non-hydrogen) atoms. The lowest BCUT2D eigenvalue weighted by Gasteiger charge is -2.22. The molecule has 0 aliphatic rings. The van der Waals surface area contributed by atoms with Crippen LogP contribution in [0.4, 0.5) is 11.4 Å². The largest absolute Gasteiger partial charge is 0.492 e. The number of anilines is 2. The van der Waals surface area contributed by atoms with E-state index in [9.17, 15) is 13.2 Å². The second-order valence-electron chi connectivity index (χ2n) is 5.54. The summed E-state index contributed by atoms with van der Waals surface area (Å²) in [5.74, 6) is 0.256. The average Bonchev–Trinajstić information content (AvgIpc) is 2.56. The van der Waals surface area contributed by atoms with Crippen LogP contribution in [0.15, 0.2) is 48.5 Å². The smallest absolute Gasteiger partial charge is 0.232 e. The molecule has 0 spiro atoms. The summed E-state index contributed by atoms with van der Waals surface area (Å²) in [7, 11) is -3.55. The third-order valence-electron chi connectivity index (χ3n) is 3.50. The number of benzene rings is 2. The molecule has 8 heteroatoms. The number of amides is 1. The molecule has 0 bridgehead atoms. The first-order chi connectivity index (χ1) is 12.3. The second kappa shape index (κ2) is 8.91. The molecule has 0 saturated heterocycles. The van der Waals surface area contributed by atoms with Gasteiger partial charge in [0.1, 0.15) is 5.75 Å². The molecular formula is C18H21ClN2O4S. The molecule has 0 heterocycles. The van der Waals surface area contributed by atoms with Gasteiger partial charge in [-0.3, -0.25) is 9.10 Å². The molecule has 0 fully saturated rings. The average molecular weight is 397 g/mol. The first-order valence-corrected chi connectivity index (χ1v) is 10.3. The Morgan fingerprint density at radius 2 is 1.92 bits per heavy atom. The summed E-state index contributed by atoms with van der Waals surface area (Å²) in [4.78, 5) is 12.3. The van der Waals surface area contributed by atoms with Gasteiger partial charge in [0.15, 0.2) is 0 Å². The fourth-order valence-electron chi connectivity index (χ4n) is 2.38. The fourth-order valence-corrected chi connectivity index (χ4v) is 3.49. The van der Waals surface area contributed by atoms with Crippen molar-refractivity contribution in [2.45, 2.75) is 13.3 Å². The van der Waals surface area contributed by atoms with Crippen LogP contribution in [0, 0.1) is 0 Å². The summed E-state index contributed by atoms with van der Waals surface area (Å²) >= 11 is 5.94. The normalized spacial score (nSPS) is 11.0. The number of carbonyl (C=O) groups excluding carboxylic acids is 1. The Morgan fingerprint density at radius 3 is 2.58 bits per heavy atom. The first kappa shape index (κ1) is 20.1. The quantitative estimate of drug-likeness (QED) is 0.740. The Morgan fingerprint density at radius 1 is 1.19 bits per heavy atom. The summed E-state index contributed by atoms with van der Waals surface area (Å²) in [6.07, 6.45) is 1.08. The summed E-state index contributed by atoms with van der Waals surface area (Å²) in [6, 6.07) is 13.6. The van der Waals surface area contributed by atoms with E-state index in [2.05, 4.69) is 5.32 Å². The van der Waals surface area contributed by atoms with Gasteiger partial charge in [-0.2, -0.15) is 0 Å². The molecule has 2 rings (SSSR count). The predicted molar refractivity (Wildman–Crippen MR) is 104 cm³/mol. The van der Waals surface area contributed by atoms with Crippen LogP contribution in [-0.2, 0) is 14.8 Å². The number of ether oxygens (including phenoxy) is 1. The van der Waals surface area contributed by atoms with Gasteiger partial charge in [0, 0.05) is 18.0 Å². The zero-order valence-corrected chi connectivity index (χ0v) is 16.2. The van der Waals surface area contributed by atoms with Crippen LogP contribution in [0.5, 0.6) is 5.75 Å². The van der Waals surface area contributed by atoms with Crippen LogP contribution in [-0.4, -0.2) is 33.7 Å². The van der Waals surface area contributed by atoms with E-state index in [0.29, 0.717) is 28.8 Å². The van der Waals surface area contributed by atoms with E-state index in [-0.39, 0.29) is 18.9 Å². The second-order valence-corrected chi connectivity index (χ2v) is 7.89. The molecule has 6 nitrogen and oxygen atoms in total. The van der Waals surface area contributed by atoms with Crippen LogP contribution in [0.3, 0.4) is 0 Å². The van der Waals surface area contributed by atoms with E-state index in [1.54, 1.807) is 42.5 Å². The molecule has 140 valence electrons. The number of rotatable bonds is 8. The van der Waals surface area contributed by atoms with Crippen molar-refractivity contribution in [1.82, 2.24) is 0 Å². The van der Waals surface area contributed by atoms with Gasteiger partial charge in [0.05, 0.1) is 24.2 Å². The third kappa shape index (κ3) is 5.64. The number of para-hydroxylation sites is 2. The van der Waals surface area contributed by atoms with E-state index in [1.165, 1.54) is 0 Å². The fraction of sp³-hybridized carbons (Fsp3) is 0.278. The van der Waals surface area contributed by atoms with Gasteiger partial charge in [-0.15, -0.1) is 0 Å². The van der Waals surface area contributed by atoms with Crippen LogP contribution in [0.2, 0.25) is 5.02 Å². The highest BCUT2D eigenvalue weighted by atomic mass is 35.5. The number of hydrogen-bond donors (Lipinski definition) is 1. The summed E-state index contributed by atoms with van der Waals surface area (Å²) in [6.45, 7) is 2.33.